The van der Waals surface area contributed by atoms with Gasteiger partial charge in [-0.2, -0.15) is 0 Å². The van der Waals surface area contributed by atoms with Crippen molar-refractivity contribution in [2.24, 2.45) is 0 Å². The molecule has 24 heavy (non-hydrogen) atoms. The van der Waals surface area contributed by atoms with Crippen molar-refractivity contribution in [3.8, 4) is 5.75 Å². The second-order valence-corrected chi connectivity index (χ2v) is 6.09. The van der Waals surface area contributed by atoms with Crippen molar-refractivity contribution >= 4 is 5.97 Å². The van der Waals surface area contributed by atoms with Crippen molar-refractivity contribution < 1.29 is 14.3 Å². The highest BCUT2D eigenvalue weighted by Crippen LogP contribution is 2.33. The molecule has 1 saturated heterocycles. The lowest BCUT2D eigenvalue weighted by Gasteiger charge is -2.25. The van der Waals surface area contributed by atoms with E-state index in [1.807, 2.05) is 36.4 Å². The van der Waals surface area contributed by atoms with Crippen LogP contribution in [0, 0.1) is 0 Å². The number of methoxy groups -OCH3 is 2. The van der Waals surface area contributed by atoms with Gasteiger partial charge in [-0.3, -0.25) is 4.90 Å². The van der Waals surface area contributed by atoms with Crippen LogP contribution < -0.4 is 4.74 Å². The zero-order valence-electron chi connectivity index (χ0n) is 14.2. The molecule has 4 nitrogen and oxygen atoms in total. The van der Waals surface area contributed by atoms with Gasteiger partial charge in [0.25, 0.3) is 0 Å². The van der Waals surface area contributed by atoms with E-state index in [-0.39, 0.29) is 5.97 Å². The third kappa shape index (κ3) is 3.60. The van der Waals surface area contributed by atoms with Crippen LogP contribution in [0.5, 0.6) is 5.75 Å². The van der Waals surface area contributed by atoms with Gasteiger partial charge in [-0.1, -0.05) is 24.3 Å². The Morgan fingerprint density at radius 3 is 2.42 bits per heavy atom. The Labute approximate surface area is 143 Å². The van der Waals surface area contributed by atoms with E-state index >= 15 is 0 Å². The van der Waals surface area contributed by atoms with Crippen molar-refractivity contribution in [3.05, 3.63) is 65.2 Å². The Balaban J connectivity index is 1.70. The predicted octanol–water partition coefficient (Wildman–Crippen LogP) is 3.82. The lowest BCUT2D eigenvalue weighted by molar-refractivity contribution is 0.0600. The molecule has 1 aliphatic heterocycles. The Hall–Kier alpha value is -2.33. The molecular weight excluding hydrogens is 302 g/mol. The quantitative estimate of drug-likeness (QED) is 0.784. The fourth-order valence-corrected chi connectivity index (χ4v) is 3.32. The number of hydrogen-bond donors (Lipinski definition) is 0. The first-order valence-electron chi connectivity index (χ1n) is 8.26. The van der Waals surface area contributed by atoms with E-state index in [2.05, 4.69) is 17.0 Å². The fourth-order valence-electron chi connectivity index (χ4n) is 3.32. The molecule has 0 aromatic heterocycles. The van der Waals surface area contributed by atoms with Crippen LogP contribution in [0.15, 0.2) is 48.5 Å². The highest BCUT2D eigenvalue weighted by Gasteiger charge is 2.25. The van der Waals surface area contributed by atoms with E-state index in [0.717, 1.165) is 18.8 Å². The number of benzene rings is 2. The SMILES string of the molecule is COC(=O)c1ccc(CN2CCC[C@@H]2c2ccc(OC)cc2)cc1. The monoisotopic (exact) mass is 325 g/mol. The summed E-state index contributed by atoms with van der Waals surface area (Å²) in [6.07, 6.45) is 2.38. The number of ether oxygens (including phenoxy) is 2. The number of hydrogen-bond acceptors (Lipinski definition) is 4. The zero-order valence-corrected chi connectivity index (χ0v) is 14.2. The van der Waals surface area contributed by atoms with Gasteiger partial charge in [0.2, 0.25) is 0 Å². The van der Waals surface area contributed by atoms with Crippen molar-refractivity contribution in [1.82, 2.24) is 4.90 Å². The molecule has 1 fully saturated rings. The first-order chi connectivity index (χ1) is 11.7. The fraction of sp³-hybridized carbons (Fsp3) is 0.350. The molecule has 0 bridgehead atoms. The van der Waals surface area contributed by atoms with Gasteiger partial charge in [-0.05, 0) is 54.8 Å². The number of carbonyl (C=O) groups is 1. The largest absolute Gasteiger partial charge is 0.497 e. The molecule has 0 radical (unpaired) electrons. The number of esters is 1. The van der Waals surface area contributed by atoms with Gasteiger partial charge in [-0.25, -0.2) is 4.79 Å². The summed E-state index contributed by atoms with van der Waals surface area (Å²) in [4.78, 5) is 14.0. The normalized spacial score (nSPS) is 17.7. The molecule has 3 rings (SSSR count). The Kier molecular flexibility index (Phi) is 5.16. The van der Waals surface area contributed by atoms with E-state index in [4.69, 9.17) is 9.47 Å². The van der Waals surface area contributed by atoms with Crippen molar-refractivity contribution in [3.63, 3.8) is 0 Å². The smallest absolute Gasteiger partial charge is 0.337 e. The van der Waals surface area contributed by atoms with Gasteiger partial charge in [0, 0.05) is 12.6 Å². The number of nitrogens with zero attached hydrogens (tertiary/aromatic N) is 1. The highest BCUT2D eigenvalue weighted by molar-refractivity contribution is 5.89. The summed E-state index contributed by atoms with van der Waals surface area (Å²) in [6, 6.07) is 16.5. The molecule has 1 atom stereocenters. The molecule has 0 N–H and O–H groups in total. The summed E-state index contributed by atoms with van der Waals surface area (Å²) in [6.45, 7) is 1.98. The Morgan fingerprint density at radius 2 is 1.79 bits per heavy atom. The van der Waals surface area contributed by atoms with E-state index < -0.39 is 0 Å². The van der Waals surface area contributed by atoms with E-state index in [9.17, 15) is 4.79 Å². The Morgan fingerprint density at radius 1 is 1.08 bits per heavy atom. The first kappa shape index (κ1) is 16.5. The minimum absolute atomic E-state index is 0.293. The second kappa shape index (κ2) is 7.49. The molecule has 2 aromatic carbocycles. The third-order valence-electron chi connectivity index (χ3n) is 4.62. The van der Waals surface area contributed by atoms with Crippen LogP contribution in [-0.2, 0) is 11.3 Å². The number of likely N-dealkylation sites (tertiary alicyclic amines) is 1. The topological polar surface area (TPSA) is 38.8 Å². The van der Waals surface area contributed by atoms with Crippen LogP contribution >= 0.6 is 0 Å². The van der Waals surface area contributed by atoms with Gasteiger partial charge in [-0.15, -0.1) is 0 Å². The molecule has 0 spiro atoms. The van der Waals surface area contributed by atoms with Crippen LogP contribution in [0.2, 0.25) is 0 Å². The summed E-state index contributed by atoms with van der Waals surface area (Å²) in [7, 11) is 3.09. The van der Waals surface area contributed by atoms with Crippen molar-refractivity contribution in [1.29, 1.82) is 0 Å². The molecule has 126 valence electrons. The van der Waals surface area contributed by atoms with E-state index in [0.29, 0.717) is 11.6 Å². The average Bonchev–Trinajstić information content (AvgIpc) is 3.10. The highest BCUT2D eigenvalue weighted by atomic mass is 16.5. The molecule has 0 aliphatic carbocycles. The molecule has 0 amide bonds. The maximum Gasteiger partial charge on any atom is 0.337 e. The van der Waals surface area contributed by atoms with Crippen LogP contribution in [0.4, 0.5) is 0 Å². The third-order valence-corrected chi connectivity index (χ3v) is 4.62. The lowest BCUT2D eigenvalue weighted by Crippen LogP contribution is -2.22. The Bertz CT molecular complexity index is 679. The minimum atomic E-state index is -0.293. The summed E-state index contributed by atoms with van der Waals surface area (Å²) in [5.74, 6) is 0.598. The zero-order chi connectivity index (χ0) is 16.9. The molecule has 4 heteroatoms. The molecule has 2 aromatic rings. The predicted molar refractivity (Wildman–Crippen MR) is 93.2 cm³/mol. The van der Waals surface area contributed by atoms with E-state index in [1.54, 1.807) is 7.11 Å². The lowest BCUT2D eigenvalue weighted by atomic mass is 10.0. The summed E-state index contributed by atoms with van der Waals surface area (Å²) >= 11 is 0. The average molecular weight is 325 g/mol. The molecule has 1 aliphatic rings. The maximum absolute atomic E-state index is 11.5. The summed E-state index contributed by atoms with van der Waals surface area (Å²) in [5, 5.41) is 0. The van der Waals surface area contributed by atoms with Gasteiger partial charge in [0.1, 0.15) is 5.75 Å². The van der Waals surface area contributed by atoms with Crippen molar-refractivity contribution in [2.45, 2.75) is 25.4 Å². The van der Waals surface area contributed by atoms with E-state index in [1.165, 1.54) is 31.1 Å². The van der Waals surface area contributed by atoms with Gasteiger partial charge >= 0.3 is 5.97 Å². The molecule has 0 unspecified atom stereocenters. The number of rotatable bonds is 5. The van der Waals surface area contributed by atoms with Crippen LogP contribution in [0.1, 0.15) is 40.4 Å². The van der Waals surface area contributed by atoms with Crippen molar-refractivity contribution in [2.75, 3.05) is 20.8 Å². The number of carbonyl (C=O) groups excluding carboxylic acids is 1. The molecule has 0 saturated carbocycles. The molecule has 1 heterocycles. The van der Waals surface area contributed by atoms with Gasteiger partial charge in [0.15, 0.2) is 0 Å². The van der Waals surface area contributed by atoms with Crippen LogP contribution in [0.25, 0.3) is 0 Å². The van der Waals surface area contributed by atoms with Gasteiger partial charge in [0.05, 0.1) is 19.8 Å². The standard InChI is InChI=1S/C20H23NO3/c1-23-18-11-9-16(10-12-18)19-4-3-13-21(19)14-15-5-7-17(8-6-15)20(22)24-2/h5-12,19H,3-4,13-14H2,1-2H3/t19-/m1/s1. The maximum atomic E-state index is 11.5. The molecular formula is C20H23NO3. The first-order valence-corrected chi connectivity index (χ1v) is 8.26. The second-order valence-electron chi connectivity index (χ2n) is 6.09. The minimum Gasteiger partial charge on any atom is -0.497 e. The van der Waals surface area contributed by atoms with Crippen LogP contribution in [0.3, 0.4) is 0 Å². The summed E-state index contributed by atoms with van der Waals surface area (Å²) in [5.41, 5.74) is 3.14. The summed E-state index contributed by atoms with van der Waals surface area (Å²) < 4.78 is 9.99. The van der Waals surface area contributed by atoms with Crippen LogP contribution in [-0.4, -0.2) is 31.6 Å². The van der Waals surface area contributed by atoms with Gasteiger partial charge < -0.3 is 9.47 Å².